The molecule has 0 radical (unpaired) electrons. The topological polar surface area (TPSA) is 49.6 Å². The van der Waals surface area contributed by atoms with Crippen molar-refractivity contribution in [2.24, 2.45) is 5.73 Å². The lowest BCUT2D eigenvalue weighted by Gasteiger charge is -2.40. The zero-order valence-corrected chi connectivity index (χ0v) is 14.1. The molecular formula is C18H29N3O. The summed E-state index contributed by atoms with van der Waals surface area (Å²) in [5.41, 5.74) is 6.71. The molecule has 1 amide bonds. The van der Waals surface area contributed by atoms with Crippen molar-refractivity contribution in [3.63, 3.8) is 0 Å². The summed E-state index contributed by atoms with van der Waals surface area (Å²) in [4.78, 5) is 16.8. The Balaban J connectivity index is 1.92. The lowest BCUT2D eigenvalue weighted by atomic mass is 9.93. The number of likely N-dealkylation sites (tertiary alicyclic amines) is 1. The van der Waals surface area contributed by atoms with Crippen molar-refractivity contribution in [2.45, 2.75) is 51.1 Å². The molecule has 0 saturated carbocycles. The Labute approximate surface area is 134 Å². The maximum Gasteiger partial charge on any atom is 0.242 e. The molecule has 4 heteroatoms. The number of anilines is 1. The van der Waals surface area contributed by atoms with Gasteiger partial charge in [-0.05, 0) is 38.3 Å². The first-order chi connectivity index (χ1) is 10.5. The molecule has 122 valence electrons. The van der Waals surface area contributed by atoms with Gasteiger partial charge in [0.05, 0.1) is 5.54 Å². The molecule has 1 fully saturated rings. The Morgan fingerprint density at radius 2 is 1.91 bits per heavy atom. The minimum absolute atomic E-state index is 0.107. The first kappa shape index (κ1) is 16.8. The van der Waals surface area contributed by atoms with Crippen LogP contribution in [0.15, 0.2) is 30.3 Å². The minimum atomic E-state index is -0.715. The zero-order chi connectivity index (χ0) is 16.2. The average molecular weight is 303 g/mol. The smallest absolute Gasteiger partial charge is 0.242 e. The number of carbonyl (C=O) groups excluding carboxylic acids is 1. The van der Waals surface area contributed by atoms with Crippen LogP contribution >= 0.6 is 0 Å². The van der Waals surface area contributed by atoms with Gasteiger partial charge in [0.15, 0.2) is 0 Å². The molecule has 1 atom stereocenters. The second-order valence-electron chi connectivity index (χ2n) is 6.64. The number of rotatable bonds is 5. The van der Waals surface area contributed by atoms with E-state index >= 15 is 0 Å². The van der Waals surface area contributed by atoms with Crippen LogP contribution in [0.25, 0.3) is 0 Å². The highest BCUT2D eigenvalue weighted by Gasteiger charge is 2.34. The number of piperidine rings is 1. The standard InChI is InChI=1S/C18H29N3O/c1-4-12-18(2,19)17(22)21-13-10-16(11-14-21)20(3)15-8-6-5-7-9-15/h5-9,16H,4,10-14,19H2,1-3H3. The van der Waals surface area contributed by atoms with Gasteiger partial charge >= 0.3 is 0 Å². The number of hydrogen-bond donors (Lipinski definition) is 1. The predicted molar refractivity (Wildman–Crippen MR) is 91.9 cm³/mol. The van der Waals surface area contributed by atoms with Gasteiger partial charge in [-0.15, -0.1) is 0 Å². The summed E-state index contributed by atoms with van der Waals surface area (Å²) in [6.07, 6.45) is 3.68. The van der Waals surface area contributed by atoms with Gasteiger partial charge in [-0.1, -0.05) is 31.5 Å². The molecular weight excluding hydrogens is 274 g/mol. The third-order valence-corrected chi connectivity index (χ3v) is 4.72. The number of hydrogen-bond acceptors (Lipinski definition) is 3. The number of nitrogens with zero attached hydrogens (tertiary/aromatic N) is 2. The van der Waals surface area contributed by atoms with E-state index < -0.39 is 5.54 Å². The maximum atomic E-state index is 12.5. The van der Waals surface area contributed by atoms with Crippen LogP contribution in [-0.2, 0) is 4.79 Å². The molecule has 2 N–H and O–H groups in total. The third kappa shape index (κ3) is 3.80. The van der Waals surface area contributed by atoms with Crippen molar-refractivity contribution >= 4 is 11.6 Å². The molecule has 0 bridgehead atoms. The molecule has 0 aliphatic carbocycles. The largest absolute Gasteiger partial charge is 0.371 e. The first-order valence-electron chi connectivity index (χ1n) is 8.32. The molecule has 0 spiro atoms. The molecule has 2 rings (SSSR count). The van der Waals surface area contributed by atoms with Crippen molar-refractivity contribution in [3.05, 3.63) is 30.3 Å². The monoisotopic (exact) mass is 303 g/mol. The van der Waals surface area contributed by atoms with Gasteiger partial charge in [0.25, 0.3) is 0 Å². The van der Waals surface area contributed by atoms with Gasteiger partial charge in [-0.2, -0.15) is 0 Å². The van der Waals surface area contributed by atoms with E-state index in [1.165, 1.54) is 5.69 Å². The molecule has 1 aromatic rings. The first-order valence-corrected chi connectivity index (χ1v) is 8.32. The van der Waals surface area contributed by atoms with Crippen LogP contribution in [0.5, 0.6) is 0 Å². The molecule has 1 saturated heterocycles. The highest BCUT2D eigenvalue weighted by Crippen LogP contribution is 2.23. The minimum Gasteiger partial charge on any atom is -0.371 e. The normalized spacial score (nSPS) is 18.8. The van der Waals surface area contributed by atoms with Gasteiger partial charge in [-0.3, -0.25) is 4.79 Å². The van der Waals surface area contributed by atoms with Crippen LogP contribution in [0.4, 0.5) is 5.69 Å². The highest BCUT2D eigenvalue weighted by molar-refractivity contribution is 5.85. The van der Waals surface area contributed by atoms with Crippen LogP contribution in [0.1, 0.15) is 39.5 Å². The van der Waals surface area contributed by atoms with Crippen molar-refractivity contribution in [1.29, 1.82) is 0 Å². The van der Waals surface area contributed by atoms with Crippen molar-refractivity contribution in [2.75, 3.05) is 25.0 Å². The third-order valence-electron chi connectivity index (χ3n) is 4.72. The molecule has 0 aromatic heterocycles. The summed E-state index contributed by atoms with van der Waals surface area (Å²) in [6.45, 7) is 5.54. The van der Waals surface area contributed by atoms with E-state index in [2.05, 4.69) is 43.1 Å². The summed E-state index contributed by atoms with van der Waals surface area (Å²) >= 11 is 0. The van der Waals surface area contributed by atoms with Crippen LogP contribution in [0.3, 0.4) is 0 Å². The lowest BCUT2D eigenvalue weighted by molar-refractivity contribution is -0.137. The summed E-state index contributed by atoms with van der Waals surface area (Å²) < 4.78 is 0. The fraction of sp³-hybridized carbons (Fsp3) is 0.611. The van der Waals surface area contributed by atoms with Crippen LogP contribution < -0.4 is 10.6 Å². The number of nitrogens with two attached hydrogens (primary N) is 1. The van der Waals surface area contributed by atoms with Gasteiger partial charge in [0.1, 0.15) is 0 Å². The fourth-order valence-corrected chi connectivity index (χ4v) is 3.32. The maximum absolute atomic E-state index is 12.5. The molecule has 1 heterocycles. The number of para-hydroxylation sites is 1. The Kier molecular flexibility index (Phi) is 5.46. The number of carbonyl (C=O) groups is 1. The van der Waals surface area contributed by atoms with Gasteiger partial charge in [0.2, 0.25) is 5.91 Å². The molecule has 1 aliphatic rings. The number of amides is 1. The van der Waals surface area contributed by atoms with E-state index in [9.17, 15) is 4.79 Å². The molecule has 1 aromatic carbocycles. The quantitative estimate of drug-likeness (QED) is 0.909. The Morgan fingerprint density at radius 1 is 1.32 bits per heavy atom. The molecule has 1 unspecified atom stereocenters. The average Bonchev–Trinajstić information content (AvgIpc) is 2.54. The van der Waals surface area contributed by atoms with E-state index in [1.54, 1.807) is 0 Å². The molecule has 4 nitrogen and oxygen atoms in total. The second kappa shape index (κ2) is 7.14. The van der Waals surface area contributed by atoms with E-state index in [4.69, 9.17) is 5.73 Å². The van der Waals surface area contributed by atoms with Crippen molar-refractivity contribution in [3.8, 4) is 0 Å². The number of benzene rings is 1. The van der Waals surface area contributed by atoms with E-state index in [-0.39, 0.29) is 5.91 Å². The van der Waals surface area contributed by atoms with E-state index in [0.29, 0.717) is 6.04 Å². The fourth-order valence-electron chi connectivity index (χ4n) is 3.32. The SMILES string of the molecule is CCCC(C)(N)C(=O)N1CCC(N(C)c2ccccc2)CC1. The highest BCUT2D eigenvalue weighted by atomic mass is 16.2. The lowest BCUT2D eigenvalue weighted by Crippen LogP contribution is -2.56. The molecule has 1 aliphatic heterocycles. The van der Waals surface area contributed by atoms with Gasteiger partial charge < -0.3 is 15.5 Å². The van der Waals surface area contributed by atoms with Crippen LogP contribution in [-0.4, -0.2) is 42.5 Å². The van der Waals surface area contributed by atoms with Crippen LogP contribution in [0, 0.1) is 0 Å². The van der Waals surface area contributed by atoms with Gasteiger partial charge in [0, 0.05) is 31.9 Å². The Hall–Kier alpha value is -1.55. The summed E-state index contributed by atoms with van der Waals surface area (Å²) in [6, 6.07) is 10.9. The van der Waals surface area contributed by atoms with E-state index in [1.807, 2.05) is 17.9 Å². The van der Waals surface area contributed by atoms with Gasteiger partial charge in [-0.25, -0.2) is 0 Å². The van der Waals surface area contributed by atoms with E-state index in [0.717, 1.165) is 38.8 Å². The summed E-state index contributed by atoms with van der Waals surface area (Å²) in [5, 5.41) is 0. The Morgan fingerprint density at radius 3 is 2.45 bits per heavy atom. The second-order valence-corrected chi connectivity index (χ2v) is 6.64. The summed E-state index contributed by atoms with van der Waals surface area (Å²) in [5.74, 6) is 0.107. The van der Waals surface area contributed by atoms with Crippen molar-refractivity contribution in [1.82, 2.24) is 4.90 Å². The Bertz CT molecular complexity index is 478. The predicted octanol–water partition coefficient (Wildman–Crippen LogP) is 2.63. The summed E-state index contributed by atoms with van der Waals surface area (Å²) in [7, 11) is 2.14. The zero-order valence-electron chi connectivity index (χ0n) is 14.1. The van der Waals surface area contributed by atoms with Crippen molar-refractivity contribution < 1.29 is 4.79 Å². The molecule has 22 heavy (non-hydrogen) atoms. The van der Waals surface area contributed by atoms with Crippen LogP contribution in [0.2, 0.25) is 0 Å².